The van der Waals surface area contributed by atoms with Gasteiger partial charge in [0.25, 0.3) is 5.91 Å². The summed E-state index contributed by atoms with van der Waals surface area (Å²) in [5, 5.41) is 18.6. The molecule has 1 amide bonds. The molecule has 1 aliphatic heterocycles. The average molecular weight is 452 g/mol. The van der Waals surface area contributed by atoms with E-state index in [2.05, 4.69) is 76.5 Å². The number of tetrazole rings is 1. The van der Waals surface area contributed by atoms with E-state index in [1.54, 1.807) is 6.08 Å². The van der Waals surface area contributed by atoms with Crippen molar-refractivity contribution in [3.8, 4) is 0 Å². The summed E-state index contributed by atoms with van der Waals surface area (Å²) in [5.41, 5.74) is 2.60. The van der Waals surface area contributed by atoms with Gasteiger partial charge in [0.1, 0.15) is 0 Å². The molecule has 0 aliphatic carbocycles. The minimum Gasteiger partial charge on any atom is -0.336 e. The second-order valence-electron chi connectivity index (χ2n) is 8.84. The van der Waals surface area contributed by atoms with Crippen molar-refractivity contribution in [3.05, 3.63) is 65.5 Å². The third kappa shape index (κ3) is 6.15. The second kappa shape index (κ2) is 11.9. The fourth-order valence-corrected chi connectivity index (χ4v) is 4.37. The van der Waals surface area contributed by atoms with Crippen molar-refractivity contribution >= 4 is 5.91 Å². The molecule has 2 N–H and O–H groups in total. The molecule has 178 valence electrons. The fraction of sp³-hybridized carbons (Fsp3) is 0.520. The molecule has 2 aromatic rings. The van der Waals surface area contributed by atoms with Crippen LogP contribution in [-0.4, -0.2) is 82.6 Å². The summed E-state index contributed by atoms with van der Waals surface area (Å²) in [7, 11) is 2.09. The third-order valence-electron chi connectivity index (χ3n) is 6.48. The van der Waals surface area contributed by atoms with Crippen molar-refractivity contribution in [2.75, 3.05) is 46.3 Å². The van der Waals surface area contributed by atoms with E-state index in [0.29, 0.717) is 5.82 Å². The number of allylic oxidation sites excluding steroid dienone is 3. The van der Waals surface area contributed by atoms with Crippen LogP contribution in [0.2, 0.25) is 0 Å². The van der Waals surface area contributed by atoms with E-state index in [0.717, 1.165) is 75.2 Å². The molecule has 1 saturated heterocycles. The molecule has 1 unspecified atom stereocenters. The van der Waals surface area contributed by atoms with Crippen LogP contribution in [0.5, 0.6) is 0 Å². The van der Waals surface area contributed by atoms with Crippen LogP contribution < -0.4 is 5.32 Å². The van der Waals surface area contributed by atoms with Crippen LogP contribution in [0.15, 0.2) is 43.0 Å². The number of H-pyrrole nitrogens is 1. The van der Waals surface area contributed by atoms with Crippen LogP contribution in [0.3, 0.4) is 0 Å². The summed E-state index contributed by atoms with van der Waals surface area (Å²) in [6.45, 7) is 13.1. The van der Waals surface area contributed by atoms with E-state index in [1.807, 2.05) is 17.0 Å². The number of hydrogen-bond donors (Lipinski definition) is 2. The topological polar surface area (TPSA) is 90.0 Å². The monoisotopic (exact) mass is 451 g/mol. The van der Waals surface area contributed by atoms with E-state index in [1.165, 1.54) is 0 Å². The number of carbonyl (C=O) groups is 1. The maximum absolute atomic E-state index is 13.3. The van der Waals surface area contributed by atoms with Crippen LogP contribution in [0.1, 0.15) is 54.0 Å². The Morgan fingerprint density at radius 2 is 2.09 bits per heavy atom. The molecule has 1 aromatic heterocycles. The molecular weight excluding hydrogens is 414 g/mol. The Morgan fingerprint density at radius 3 is 2.76 bits per heavy atom. The highest BCUT2D eigenvalue weighted by atomic mass is 16.2. The largest absolute Gasteiger partial charge is 0.336 e. The van der Waals surface area contributed by atoms with Crippen molar-refractivity contribution in [2.45, 2.75) is 38.5 Å². The Labute approximate surface area is 197 Å². The predicted molar refractivity (Wildman–Crippen MR) is 131 cm³/mol. The zero-order chi connectivity index (χ0) is 23.7. The number of aryl methyl sites for hydroxylation is 1. The molecule has 2 heterocycles. The lowest BCUT2D eigenvalue weighted by atomic mass is 9.75. The molecule has 0 spiro atoms. The van der Waals surface area contributed by atoms with Crippen molar-refractivity contribution in [3.63, 3.8) is 0 Å². The van der Waals surface area contributed by atoms with Crippen molar-refractivity contribution in [2.24, 2.45) is 0 Å². The first-order valence-corrected chi connectivity index (χ1v) is 11.8. The Morgan fingerprint density at radius 1 is 1.30 bits per heavy atom. The number of benzene rings is 1. The Balaban J connectivity index is 1.96. The molecule has 8 nitrogen and oxygen atoms in total. The number of hydrogen-bond acceptors (Lipinski definition) is 6. The first kappa shape index (κ1) is 24.8. The SMILES string of the molecule is C=C/C=C/CCc1cc(C(=O)N2CCN(C)CC2)ccc1C(C)(CCNCC)c1nn[nH]n1. The Bertz CT molecular complexity index is 932. The van der Waals surface area contributed by atoms with Crippen LogP contribution in [0.25, 0.3) is 0 Å². The highest BCUT2D eigenvalue weighted by Gasteiger charge is 2.35. The number of rotatable bonds is 11. The van der Waals surface area contributed by atoms with Gasteiger partial charge in [-0.25, -0.2) is 0 Å². The number of likely N-dealkylation sites (N-methyl/N-ethyl adjacent to an activating group) is 1. The van der Waals surface area contributed by atoms with E-state index in [-0.39, 0.29) is 5.91 Å². The maximum Gasteiger partial charge on any atom is 0.253 e. The fourth-order valence-electron chi connectivity index (χ4n) is 4.37. The van der Waals surface area contributed by atoms with E-state index < -0.39 is 5.41 Å². The highest BCUT2D eigenvalue weighted by Crippen LogP contribution is 2.36. The molecule has 1 atom stereocenters. The third-order valence-corrected chi connectivity index (χ3v) is 6.48. The molecule has 33 heavy (non-hydrogen) atoms. The molecule has 3 rings (SSSR count). The Hall–Kier alpha value is -2.84. The summed E-state index contributed by atoms with van der Waals surface area (Å²) < 4.78 is 0. The van der Waals surface area contributed by atoms with Gasteiger partial charge in [-0.2, -0.15) is 5.21 Å². The minimum atomic E-state index is -0.429. The van der Waals surface area contributed by atoms with E-state index in [9.17, 15) is 4.79 Å². The van der Waals surface area contributed by atoms with Gasteiger partial charge in [0.15, 0.2) is 5.82 Å². The predicted octanol–water partition coefficient (Wildman–Crippen LogP) is 2.57. The van der Waals surface area contributed by atoms with Gasteiger partial charge >= 0.3 is 0 Å². The standard InChI is InChI=1S/C25H37N7O/c1-5-7-8-9-10-20-19-21(23(33)32-17-15-31(4)16-18-32)11-12-22(20)25(3,13-14-26-6-2)24-27-29-30-28-24/h5,7-8,11-12,19,26H,1,6,9-10,13-18H2,2-4H3,(H,27,28,29,30)/b8-7+. The van der Waals surface area contributed by atoms with Gasteiger partial charge in [-0.3, -0.25) is 4.79 Å². The zero-order valence-electron chi connectivity index (χ0n) is 20.2. The number of aromatic nitrogens is 4. The number of amides is 1. The van der Waals surface area contributed by atoms with Gasteiger partial charge in [0.05, 0.1) is 5.41 Å². The Kier molecular flexibility index (Phi) is 8.91. The molecular formula is C25H37N7O. The zero-order valence-corrected chi connectivity index (χ0v) is 20.2. The number of nitrogens with one attached hydrogen (secondary N) is 2. The average Bonchev–Trinajstić information content (AvgIpc) is 3.38. The number of piperazine rings is 1. The molecule has 1 fully saturated rings. The van der Waals surface area contributed by atoms with Gasteiger partial charge in [-0.1, -0.05) is 43.0 Å². The number of nitrogens with zero attached hydrogens (tertiary/aromatic N) is 5. The van der Waals surface area contributed by atoms with Crippen molar-refractivity contribution < 1.29 is 4.79 Å². The number of carbonyl (C=O) groups excluding carboxylic acids is 1. The van der Waals surface area contributed by atoms with Crippen molar-refractivity contribution in [1.29, 1.82) is 0 Å². The van der Waals surface area contributed by atoms with E-state index in [4.69, 9.17) is 0 Å². The molecule has 0 bridgehead atoms. The van der Waals surface area contributed by atoms with Gasteiger partial charge in [0, 0.05) is 31.7 Å². The van der Waals surface area contributed by atoms with Gasteiger partial charge in [-0.15, -0.1) is 10.2 Å². The molecule has 0 saturated carbocycles. The quantitative estimate of drug-likeness (QED) is 0.403. The molecule has 1 aliphatic rings. The van der Waals surface area contributed by atoms with Gasteiger partial charge < -0.3 is 15.1 Å². The van der Waals surface area contributed by atoms with Crippen LogP contribution in [-0.2, 0) is 11.8 Å². The lowest BCUT2D eigenvalue weighted by Crippen LogP contribution is -2.47. The van der Waals surface area contributed by atoms with Crippen LogP contribution in [0, 0.1) is 0 Å². The van der Waals surface area contributed by atoms with Crippen LogP contribution in [0.4, 0.5) is 0 Å². The molecule has 8 heteroatoms. The van der Waals surface area contributed by atoms with Gasteiger partial charge in [-0.05, 0) is 69.6 Å². The highest BCUT2D eigenvalue weighted by molar-refractivity contribution is 5.94. The lowest BCUT2D eigenvalue weighted by molar-refractivity contribution is 0.0664. The van der Waals surface area contributed by atoms with Crippen molar-refractivity contribution in [1.82, 2.24) is 35.7 Å². The summed E-state index contributed by atoms with van der Waals surface area (Å²) >= 11 is 0. The summed E-state index contributed by atoms with van der Waals surface area (Å²) in [6, 6.07) is 6.13. The normalized spacial score (nSPS) is 16.8. The van der Waals surface area contributed by atoms with Crippen LogP contribution >= 0.6 is 0 Å². The maximum atomic E-state index is 13.3. The first-order chi connectivity index (χ1) is 16.0. The summed E-state index contributed by atoms with van der Waals surface area (Å²) in [6.07, 6.45) is 8.35. The summed E-state index contributed by atoms with van der Waals surface area (Å²) in [4.78, 5) is 17.5. The minimum absolute atomic E-state index is 0.103. The molecule has 1 aromatic carbocycles. The van der Waals surface area contributed by atoms with Gasteiger partial charge in [0.2, 0.25) is 0 Å². The first-order valence-electron chi connectivity index (χ1n) is 11.8. The summed E-state index contributed by atoms with van der Waals surface area (Å²) in [5.74, 6) is 0.771. The number of aromatic amines is 1. The van der Waals surface area contributed by atoms with E-state index >= 15 is 0 Å². The molecule has 0 radical (unpaired) electrons. The lowest BCUT2D eigenvalue weighted by Gasteiger charge is -2.33. The second-order valence-corrected chi connectivity index (χ2v) is 8.84. The smallest absolute Gasteiger partial charge is 0.253 e.